The second-order valence-electron chi connectivity index (χ2n) is 5.94. The van der Waals surface area contributed by atoms with Crippen LogP contribution in [0.1, 0.15) is 36.8 Å². The second-order valence-corrected chi connectivity index (χ2v) is 5.94. The van der Waals surface area contributed by atoms with Gasteiger partial charge in [0.25, 0.3) is 0 Å². The van der Waals surface area contributed by atoms with Crippen molar-refractivity contribution >= 4 is 6.03 Å². The number of hydrogen-bond donors (Lipinski definition) is 3. The van der Waals surface area contributed by atoms with E-state index >= 15 is 0 Å². The van der Waals surface area contributed by atoms with Gasteiger partial charge in [-0.15, -0.1) is 0 Å². The van der Waals surface area contributed by atoms with Crippen LogP contribution in [0.3, 0.4) is 0 Å². The minimum absolute atomic E-state index is 0.164. The molecule has 0 saturated heterocycles. The van der Waals surface area contributed by atoms with Crippen molar-refractivity contribution in [1.82, 2.24) is 10.6 Å². The Kier molecular flexibility index (Phi) is 5.87. The first-order valence-electron chi connectivity index (χ1n) is 7.70. The van der Waals surface area contributed by atoms with Crippen molar-refractivity contribution < 1.29 is 23.1 Å². The Morgan fingerprint density at radius 3 is 2.48 bits per heavy atom. The smallest absolute Gasteiger partial charge is 0.393 e. The van der Waals surface area contributed by atoms with Gasteiger partial charge in [-0.25, -0.2) is 4.79 Å². The molecule has 128 valence electrons. The van der Waals surface area contributed by atoms with E-state index in [1.54, 1.807) is 0 Å². The maximum Gasteiger partial charge on any atom is 0.416 e. The lowest BCUT2D eigenvalue weighted by Gasteiger charge is -2.25. The summed E-state index contributed by atoms with van der Waals surface area (Å²) >= 11 is 0. The van der Waals surface area contributed by atoms with E-state index in [4.69, 9.17) is 0 Å². The van der Waals surface area contributed by atoms with Crippen molar-refractivity contribution in [2.75, 3.05) is 6.54 Å². The maximum absolute atomic E-state index is 12.4. The Labute approximate surface area is 133 Å². The molecule has 1 aliphatic rings. The van der Waals surface area contributed by atoms with Gasteiger partial charge in [0, 0.05) is 13.1 Å². The molecule has 2 atom stereocenters. The van der Waals surface area contributed by atoms with Crippen molar-refractivity contribution in [3.8, 4) is 0 Å². The number of urea groups is 1. The SMILES string of the molecule is O=C(NCc1ccc(C(F)(F)F)cc1)NCC1CCCC(O)C1. The van der Waals surface area contributed by atoms with Gasteiger partial charge in [-0.1, -0.05) is 18.6 Å². The highest BCUT2D eigenvalue weighted by Gasteiger charge is 2.29. The second kappa shape index (κ2) is 7.68. The summed E-state index contributed by atoms with van der Waals surface area (Å²) in [6.45, 7) is 0.660. The fraction of sp³-hybridized carbons (Fsp3) is 0.562. The summed E-state index contributed by atoms with van der Waals surface area (Å²) in [6.07, 6.45) is -1.19. The molecule has 23 heavy (non-hydrogen) atoms. The minimum atomic E-state index is -4.35. The third-order valence-corrected chi connectivity index (χ3v) is 4.04. The Hall–Kier alpha value is -1.76. The van der Waals surface area contributed by atoms with Crippen LogP contribution in [0.4, 0.5) is 18.0 Å². The molecule has 4 nitrogen and oxygen atoms in total. The van der Waals surface area contributed by atoms with Crippen molar-refractivity contribution in [3.63, 3.8) is 0 Å². The van der Waals surface area contributed by atoms with Crippen LogP contribution in [-0.2, 0) is 12.7 Å². The van der Waals surface area contributed by atoms with Gasteiger partial charge < -0.3 is 15.7 Å². The third-order valence-electron chi connectivity index (χ3n) is 4.04. The molecule has 1 aromatic carbocycles. The number of hydrogen-bond acceptors (Lipinski definition) is 2. The van der Waals surface area contributed by atoms with Gasteiger partial charge >= 0.3 is 12.2 Å². The first-order chi connectivity index (χ1) is 10.8. The number of rotatable bonds is 4. The summed E-state index contributed by atoms with van der Waals surface area (Å²) in [4.78, 5) is 11.7. The molecule has 2 amide bonds. The van der Waals surface area contributed by atoms with Gasteiger partial charge in [0.15, 0.2) is 0 Å². The molecule has 3 N–H and O–H groups in total. The summed E-state index contributed by atoms with van der Waals surface area (Å²) in [5, 5.41) is 14.9. The standard InChI is InChI=1S/C16H21F3N2O2/c17-16(18,19)13-6-4-11(5-7-13)9-20-15(23)21-10-12-2-1-3-14(22)8-12/h4-7,12,14,22H,1-3,8-10H2,(H2,20,21,23). The van der Waals surface area contributed by atoms with Crippen molar-refractivity contribution in [2.45, 2.75) is 44.5 Å². The highest BCUT2D eigenvalue weighted by Crippen LogP contribution is 2.29. The van der Waals surface area contributed by atoms with E-state index in [2.05, 4.69) is 10.6 Å². The highest BCUT2D eigenvalue weighted by atomic mass is 19.4. The molecule has 1 aromatic rings. The van der Waals surface area contributed by atoms with Crippen LogP contribution in [0.25, 0.3) is 0 Å². The molecule has 1 aliphatic carbocycles. The van der Waals surface area contributed by atoms with Crippen LogP contribution in [-0.4, -0.2) is 23.8 Å². The van der Waals surface area contributed by atoms with Gasteiger partial charge in [-0.05, 0) is 42.9 Å². The molecule has 7 heteroatoms. The fourth-order valence-corrected chi connectivity index (χ4v) is 2.74. The molecule has 2 unspecified atom stereocenters. The Morgan fingerprint density at radius 2 is 1.87 bits per heavy atom. The first-order valence-corrected chi connectivity index (χ1v) is 7.70. The summed E-state index contributed by atoms with van der Waals surface area (Å²) in [7, 11) is 0. The minimum Gasteiger partial charge on any atom is -0.393 e. The van der Waals surface area contributed by atoms with Crippen LogP contribution in [0, 0.1) is 5.92 Å². The number of benzene rings is 1. The summed E-state index contributed by atoms with van der Waals surface area (Å²) in [5.41, 5.74) is -0.109. The monoisotopic (exact) mass is 330 g/mol. The molecule has 0 heterocycles. The highest BCUT2D eigenvalue weighted by molar-refractivity contribution is 5.73. The van der Waals surface area contributed by atoms with Crippen molar-refractivity contribution in [1.29, 1.82) is 0 Å². The number of alkyl halides is 3. The Morgan fingerprint density at radius 1 is 1.17 bits per heavy atom. The fourth-order valence-electron chi connectivity index (χ4n) is 2.74. The van der Waals surface area contributed by atoms with E-state index in [-0.39, 0.29) is 24.6 Å². The van der Waals surface area contributed by atoms with Gasteiger partial charge in [-0.2, -0.15) is 13.2 Å². The van der Waals surface area contributed by atoms with Crippen LogP contribution < -0.4 is 10.6 Å². The predicted molar refractivity (Wildman–Crippen MR) is 79.6 cm³/mol. The lowest BCUT2D eigenvalue weighted by atomic mass is 9.87. The lowest BCUT2D eigenvalue weighted by molar-refractivity contribution is -0.137. The summed E-state index contributed by atoms with van der Waals surface area (Å²) < 4.78 is 37.3. The van der Waals surface area contributed by atoms with Gasteiger partial charge in [-0.3, -0.25) is 0 Å². The number of carbonyl (C=O) groups is 1. The quantitative estimate of drug-likeness (QED) is 0.794. The molecule has 0 aliphatic heterocycles. The molecular formula is C16H21F3N2O2. The van der Waals surface area contributed by atoms with E-state index in [9.17, 15) is 23.1 Å². The number of nitrogens with one attached hydrogen (secondary N) is 2. The number of amides is 2. The van der Waals surface area contributed by atoms with E-state index in [1.165, 1.54) is 12.1 Å². The van der Waals surface area contributed by atoms with E-state index in [0.29, 0.717) is 18.5 Å². The lowest BCUT2D eigenvalue weighted by Crippen LogP contribution is -2.39. The zero-order chi connectivity index (χ0) is 16.9. The van der Waals surface area contributed by atoms with Crippen molar-refractivity contribution in [3.05, 3.63) is 35.4 Å². The molecule has 0 radical (unpaired) electrons. The normalized spacial score (nSPS) is 21.7. The van der Waals surface area contributed by atoms with Gasteiger partial charge in [0.2, 0.25) is 0 Å². The Bertz CT molecular complexity index is 517. The molecule has 2 rings (SSSR count). The van der Waals surface area contributed by atoms with Crippen LogP contribution in [0.2, 0.25) is 0 Å². The first kappa shape index (κ1) is 17.6. The van der Waals surface area contributed by atoms with Gasteiger partial charge in [0.05, 0.1) is 11.7 Å². The zero-order valence-corrected chi connectivity index (χ0v) is 12.7. The molecular weight excluding hydrogens is 309 g/mol. The third kappa shape index (κ3) is 5.74. The maximum atomic E-state index is 12.4. The molecule has 1 fully saturated rings. The van der Waals surface area contributed by atoms with Crippen LogP contribution in [0.15, 0.2) is 24.3 Å². The summed E-state index contributed by atoms with van der Waals surface area (Å²) in [6, 6.07) is 4.34. The Balaban J connectivity index is 1.71. The molecule has 1 saturated carbocycles. The van der Waals surface area contributed by atoms with E-state index in [1.807, 2.05) is 0 Å². The van der Waals surface area contributed by atoms with Crippen LogP contribution in [0.5, 0.6) is 0 Å². The molecule has 0 spiro atoms. The average molecular weight is 330 g/mol. The number of halogens is 3. The number of aliphatic hydroxyl groups is 1. The summed E-state index contributed by atoms with van der Waals surface area (Å²) in [5.74, 6) is 0.274. The largest absolute Gasteiger partial charge is 0.416 e. The van der Waals surface area contributed by atoms with E-state index in [0.717, 1.165) is 31.4 Å². The molecule has 0 aromatic heterocycles. The van der Waals surface area contributed by atoms with Crippen LogP contribution >= 0.6 is 0 Å². The predicted octanol–water partition coefficient (Wildman–Crippen LogP) is 3.06. The topological polar surface area (TPSA) is 61.4 Å². The molecule has 0 bridgehead atoms. The van der Waals surface area contributed by atoms with E-state index < -0.39 is 11.7 Å². The number of aliphatic hydroxyl groups excluding tert-OH is 1. The van der Waals surface area contributed by atoms with Crippen molar-refractivity contribution in [2.24, 2.45) is 5.92 Å². The zero-order valence-electron chi connectivity index (χ0n) is 12.7. The van der Waals surface area contributed by atoms with Gasteiger partial charge in [0.1, 0.15) is 0 Å². The average Bonchev–Trinajstić information content (AvgIpc) is 2.50. The number of carbonyl (C=O) groups excluding carboxylic acids is 1.